The molecule has 0 rings (SSSR count). The Balaban J connectivity index is -0.00000200. The van der Waals surface area contributed by atoms with Crippen LogP contribution in [-0.2, 0) is 31.0 Å². The monoisotopic (exact) mass is 408 g/mol. The fourth-order valence-corrected chi connectivity index (χ4v) is 2.66. The van der Waals surface area contributed by atoms with Crippen molar-refractivity contribution in [2.24, 2.45) is 0 Å². The number of carboxylic acid groups (broad SMARTS) is 1. The zero-order chi connectivity index (χ0) is 15.8. The van der Waals surface area contributed by atoms with Crippen molar-refractivity contribution in [3.8, 4) is 0 Å². The summed E-state index contributed by atoms with van der Waals surface area (Å²) >= 11 is 0. The molecule has 0 aliphatic heterocycles. The Bertz CT molecular complexity index is 237. The standard InChI is InChI=1S/C18H36O3.H2O.Zr/c1-2-3-4-5-6-7-8-9-10-11-12-13-14-15-16-17(19)18(20)21;;/h17,19H,2-16H2,1H3,(H,20,21);1H2;. The zero-order valence-electron chi connectivity index (χ0n) is 15.0. The van der Waals surface area contributed by atoms with Gasteiger partial charge in [-0.25, -0.2) is 4.79 Å². The van der Waals surface area contributed by atoms with E-state index < -0.39 is 12.1 Å². The van der Waals surface area contributed by atoms with Crippen molar-refractivity contribution in [1.82, 2.24) is 0 Å². The van der Waals surface area contributed by atoms with Crippen LogP contribution in [0.1, 0.15) is 103 Å². The molecule has 0 aromatic carbocycles. The van der Waals surface area contributed by atoms with E-state index in [2.05, 4.69) is 6.92 Å². The van der Waals surface area contributed by atoms with Crippen LogP contribution in [0.25, 0.3) is 0 Å². The average molecular weight is 410 g/mol. The number of carbonyl (C=O) groups is 1. The summed E-state index contributed by atoms with van der Waals surface area (Å²) in [5, 5.41) is 17.7. The molecule has 0 aliphatic rings. The summed E-state index contributed by atoms with van der Waals surface area (Å²) in [6.45, 7) is 2.26. The summed E-state index contributed by atoms with van der Waals surface area (Å²) < 4.78 is 0. The second kappa shape index (κ2) is 22.3. The van der Waals surface area contributed by atoms with Gasteiger partial charge in [0.05, 0.1) is 0 Å². The predicted octanol–water partition coefficient (Wildman–Crippen LogP) is 4.48. The van der Waals surface area contributed by atoms with E-state index in [-0.39, 0.29) is 31.7 Å². The molecule has 0 amide bonds. The van der Waals surface area contributed by atoms with E-state index in [1.165, 1.54) is 77.0 Å². The van der Waals surface area contributed by atoms with Crippen LogP contribution < -0.4 is 0 Å². The molecule has 0 aliphatic carbocycles. The molecule has 1 unspecified atom stereocenters. The summed E-state index contributed by atoms with van der Waals surface area (Å²) in [4.78, 5) is 10.4. The Hall–Kier alpha value is 0.273. The van der Waals surface area contributed by atoms with E-state index in [1.54, 1.807) is 0 Å². The van der Waals surface area contributed by atoms with Crippen LogP contribution in [-0.4, -0.2) is 27.8 Å². The Morgan fingerprint density at radius 1 is 0.739 bits per heavy atom. The zero-order valence-corrected chi connectivity index (χ0v) is 17.4. The molecule has 1 atom stereocenters. The summed E-state index contributed by atoms with van der Waals surface area (Å²) in [6.07, 6.45) is 17.3. The molecule has 4 nitrogen and oxygen atoms in total. The van der Waals surface area contributed by atoms with E-state index in [0.29, 0.717) is 6.42 Å². The number of hydrogen-bond donors (Lipinski definition) is 2. The van der Waals surface area contributed by atoms with Gasteiger partial charge < -0.3 is 15.7 Å². The number of unbranched alkanes of at least 4 members (excludes halogenated alkanes) is 13. The molecule has 23 heavy (non-hydrogen) atoms. The third-order valence-corrected chi connectivity index (χ3v) is 4.12. The molecule has 138 valence electrons. The van der Waals surface area contributed by atoms with Crippen LogP contribution in [0.15, 0.2) is 0 Å². The second-order valence-corrected chi connectivity index (χ2v) is 6.24. The van der Waals surface area contributed by atoms with Gasteiger partial charge in [0, 0.05) is 26.2 Å². The van der Waals surface area contributed by atoms with E-state index >= 15 is 0 Å². The summed E-state index contributed by atoms with van der Waals surface area (Å²) in [5.74, 6) is -1.09. The van der Waals surface area contributed by atoms with Gasteiger partial charge in [-0.2, -0.15) is 0 Å². The summed E-state index contributed by atoms with van der Waals surface area (Å²) in [5.41, 5.74) is 0. The minimum absolute atomic E-state index is 0. The molecule has 0 spiro atoms. The summed E-state index contributed by atoms with van der Waals surface area (Å²) in [7, 11) is 0. The third-order valence-electron chi connectivity index (χ3n) is 4.12. The predicted molar refractivity (Wildman–Crippen MR) is 92.2 cm³/mol. The van der Waals surface area contributed by atoms with E-state index in [1.807, 2.05) is 0 Å². The minimum atomic E-state index is -1.16. The molecular weight excluding hydrogens is 371 g/mol. The van der Waals surface area contributed by atoms with Crippen LogP contribution in [0.3, 0.4) is 0 Å². The van der Waals surface area contributed by atoms with Crippen molar-refractivity contribution in [3.63, 3.8) is 0 Å². The maximum absolute atomic E-state index is 10.4. The van der Waals surface area contributed by atoms with Crippen molar-refractivity contribution >= 4 is 5.97 Å². The average Bonchev–Trinajstić information content (AvgIpc) is 2.47. The molecule has 0 bridgehead atoms. The van der Waals surface area contributed by atoms with Crippen molar-refractivity contribution in [2.75, 3.05) is 0 Å². The van der Waals surface area contributed by atoms with E-state index in [0.717, 1.165) is 12.8 Å². The van der Waals surface area contributed by atoms with Gasteiger partial charge in [0.25, 0.3) is 0 Å². The van der Waals surface area contributed by atoms with Gasteiger partial charge in [0.2, 0.25) is 0 Å². The van der Waals surface area contributed by atoms with E-state index in [4.69, 9.17) is 10.2 Å². The van der Waals surface area contributed by atoms with Gasteiger partial charge in [0.15, 0.2) is 6.10 Å². The Labute approximate surface area is 161 Å². The Kier molecular flexibility index (Phi) is 27.2. The molecule has 5 heteroatoms. The van der Waals surface area contributed by atoms with Crippen LogP contribution >= 0.6 is 0 Å². The topological polar surface area (TPSA) is 89.0 Å². The molecule has 0 saturated heterocycles. The molecule has 0 saturated carbocycles. The third kappa shape index (κ3) is 22.3. The van der Waals surface area contributed by atoms with Crippen LogP contribution in [0.5, 0.6) is 0 Å². The van der Waals surface area contributed by atoms with Gasteiger partial charge in [-0.15, -0.1) is 0 Å². The smallest absolute Gasteiger partial charge is 0.332 e. The van der Waals surface area contributed by atoms with Crippen LogP contribution in [0.2, 0.25) is 0 Å². The minimum Gasteiger partial charge on any atom is -0.479 e. The number of aliphatic carboxylic acids is 1. The van der Waals surface area contributed by atoms with E-state index in [9.17, 15) is 4.79 Å². The van der Waals surface area contributed by atoms with Crippen molar-refractivity contribution in [1.29, 1.82) is 0 Å². The molecule has 0 aromatic heterocycles. The Morgan fingerprint density at radius 3 is 1.35 bits per heavy atom. The van der Waals surface area contributed by atoms with Gasteiger partial charge in [-0.05, 0) is 6.42 Å². The largest absolute Gasteiger partial charge is 0.479 e. The van der Waals surface area contributed by atoms with Crippen molar-refractivity contribution < 1.29 is 46.7 Å². The first-order valence-corrected chi connectivity index (χ1v) is 9.09. The molecule has 0 heterocycles. The van der Waals surface area contributed by atoms with Gasteiger partial charge in [-0.3, -0.25) is 0 Å². The van der Waals surface area contributed by atoms with Crippen molar-refractivity contribution in [3.05, 3.63) is 0 Å². The fourth-order valence-electron chi connectivity index (χ4n) is 2.66. The fraction of sp³-hybridized carbons (Fsp3) is 0.944. The number of carboxylic acids is 1. The maximum atomic E-state index is 10.4. The van der Waals surface area contributed by atoms with Gasteiger partial charge >= 0.3 is 5.97 Å². The Morgan fingerprint density at radius 2 is 1.04 bits per heavy atom. The number of hydrogen-bond acceptors (Lipinski definition) is 2. The molecule has 4 N–H and O–H groups in total. The first-order chi connectivity index (χ1) is 10.2. The number of rotatable bonds is 16. The molecule has 0 fully saturated rings. The molecular formula is C18H38O4Zr. The van der Waals surface area contributed by atoms with Crippen molar-refractivity contribution in [2.45, 2.75) is 109 Å². The number of aliphatic hydroxyl groups is 1. The SMILES string of the molecule is CCCCCCCCCCCCCCCCC(O)C(=O)O.O.[Zr]. The first kappa shape index (κ1) is 28.1. The number of aliphatic hydroxyl groups excluding tert-OH is 1. The normalized spacial score (nSPS) is 11.4. The van der Waals surface area contributed by atoms with Crippen LogP contribution in [0, 0.1) is 0 Å². The summed E-state index contributed by atoms with van der Waals surface area (Å²) in [6, 6.07) is 0. The van der Waals surface area contributed by atoms with Crippen LogP contribution in [0.4, 0.5) is 0 Å². The maximum Gasteiger partial charge on any atom is 0.332 e. The molecule has 0 aromatic rings. The molecule has 0 radical (unpaired) electrons. The quantitative estimate of drug-likeness (QED) is 0.368. The first-order valence-electron chi connectivity index (χ1n) is 9.09. The van der Waals surface area contributed by atoms with Gasteiger partial charge in [0.1, 0.15) is 0 Å². The van der Waals surface area contributed by atoms with Gasteiger partial charge in [-0.1, -0.05) is 96.8 Å². The second-order valence-electron chi connectivity index (χ2n) is 6.24.